The minimum absolute atomic E-state index is 0. The number of ketones is 1. The summed E-state index contributed by atoms with van der Waals surface area (Å²) in [6.45, 7) is 5.11. The van der Waals surface area contributed by atoms with Gasteiger partial charge in [-0.15, -0.1) is 0 Å². The van der Waals surface area contributed by atoms with E-state index in [4.69, 9.17) is 5.11 Å². The van der Waals surface area contributed by atoms with Crippen molar-refractivity contribution in [3.63, 3.8) is 0 Å². The third-order valence-electron chi connectivity index (χ3n) is 0.994. The van der Waals surface area contributed by atoms with Crippen LogP contribution in [0.25, 0.3) is 0 Å². The van der Waals surface area contributed by atoms with Crippen LogP contribution in [0.1, 0.15) is 46.5 Å². The molecule has 0 atom stereocenters. The largest absolute Gasteiger partial charge is 0.481 e. The van der Waals surface area contributed by atoms with E-state index in [9.17, 15) is 9.59 Å². The fourth-order valence-electron chi connectivity index (χ4n) is 0.526. The molecule has 0 aliphatic carbocycles. The average Bonchev–Trinajstić information content (AvgIpc) is 1.86. The van der Waals surface area contributed by atoms with Crippen LogP contribution in [0.15, 0.2) is 0 Å². The molecule has 0 aromatic carbocycles. The normalized spacial score (nSPS) is 7.62. The Morgan fingerprint density at radius 3 is 1.77 bits per heavy atom. The zero-order valence-corrected chi connectivity index (χ0v) is 8.59. The number of Topliss-reactive ketones (excluding diaryl/α,β-unsaturated/α-hetero) is 1. The number of carbonyl (C=O) groups is 2. The number of hydrogen-bond acceptors (Lipinski definition) is 2. The lowest BCUT2D eigenvalue weighted by molar-refractivity contribution is -0.137. The van der Waals surface area contributed by atoms with E-state index in [1.54, 1.807) is 0 Å². The van der Waals surface area contributed by atoms with Crippen LogP contribution < -0.4 is 0 Å². The molecule has 0 aliphatic heterocycles. The lowest BCUT2D eigenvalue weighted by atomic mass is 10.2. The van der Waals surface area contributed by atoms with E-state index < -0.39 is 5.97 Å². The summed E-state index contributed by atoms with van der Waals surface area (Å²) in [7, 11) is 0. The molecule has 3 N–H and O–H groups in total. The number of rotatable bonds is 4. The van der Waals surface area contributed by atoms with Crippen LogP contribution >= 0.6 is 0 Å². The number of carboxylic acid groups (broad SMARTS) is 1. The highest BCUT2D eigenvalue weighted by atomic mass is 16.4. The molecule has 4 nitrogen and oxygen atoms in total. The van der Waals surface area contributed by atoms with Crippen molar-refractivity contribution in [2.75, 3.05) is 0 Å². The minimum atomic E-state index is -0.682. The lowest BCUT2D eigenvalue weighted by Crippen LogP contribution is -1.92. The van der Waals surface area contributed by atoms with Crippen molar-refractivity contribution in [2.24, 2.45) is 0 Å². The van der Waals surface area contributed by atoms with Crippen molar-refractivity contribution >= 4 is 11.8 Å². The number of unbranched alkanes of at least 4 members (excludes halogenated alkanes) is 2. The molecule has 0 bridgehead atoms. The second-order valence-electron chi connectivity index (χ2n) is 2.76. The van der Waals surface area contributed by atoms with Crippen molar-refractivity contribution in [1.29, 1.82) is 0 Å². The highest BCUT2D eigenvalue weighted by Crippen LogP contribution is 1.97. The first-order chi connectivity index (χ1) is 5.50. The summed E-state index contributed by atoms with van der Waals surface area (Å²) < 4.78 is 0. The van der Waals surface area contributed by atoms with Gasteiger partial charge < -0.3 is 15.4 Å². The van der Waals surface area contributed by atoms with Gasteiger partial charge >= 0.3 is 5.97 Å². The van der Waals surface area contributed by atoms with Gasteiger partial charge in [0.2, 0.25) is 0 Å². The highest BCUT2D eigenvalue weighted by Gasteiger charge is 1.92. The molecule has 0 aliphatic rings. The van der Waals surface area contributed by atoms with E-state index in [0.29, 0.717) is 6.42 Å². The Bertz CT molecular complexity index is 128. The Hall–Kier alpha value is -0.900. The summed E-state index contributed by atoms with van der Waals surface area (Å²) in [5.74, 6) is -0.515. The van der Waals surface area contributed by atoms with E-state index in [-0.39, 0.29) is 11.3 Å². The van der Waals surface area contributed by atoms with Crippen molar-refractivity contribution in [2.45, 2.75) is 46.5 Å². The van der Waals surface area contributed by atoms with E-state index in [0.717, 1.165) is 19.3 Å². The third-order valence-corrected chi connectivity index (χ3v) is 0.994. The second-order valence-corrected chi connectivity index (χ2v) is 2.76. The Morgan fingerprint density at radius 1 is 1.15 bits per heavy atom. The first-order valence-corrected chi connectivity index (χ1v) is 4.19. The number of carbonyl (C=O) groups excluding carboxylic acids is 1. The lowest BCUT2D eigenvalue weighted by Gasteiger charge is -1.89. The molecule has 0 aromatic heterocycles. The van der Waals surface area contributed by atoms with E-state index in [1.165, 1.54) is 13.8 Å². The zero-order chi connectivity index (χ0) is 9.98. The summed E-state index contributed by atoms with van der Waals surface area (Å²) in [6, 6.07) is 0. The van der Waals surface area contributed by atoms with Gasteiger partial charge in [-0.05, 0) is 20.3 Å². The Kier molecular flexibility index (Phi) is 18.9. The van der Waals surface area contributed by atoms with E-state index in [2.05, 4.69) is 6.92 Å². The standard InChI is InChI=1S/C6H12O2.C3H6O.H2O/c1-2-3-4-5-6(7)8;1-3(2)4;/h2-5H2,1H3,(H,7,8);1-2H3;1H2. The predicted octanol–water partition coefficient (Wildman–Crippen LogP) is 1.42. The smallest absolute Gasteiger partial charge is 0.303 e. The molecule has 0 saturated heterocycles. The van der Waals surface area contributed by atoms with Crippen molar-refractivity contribution < 1.29 is 20.2 Å². The van der Waals surface area contributed by atoms with Crippen LogP contribution in [0.4, 0.5) is 0 Å². The Balaban J connectivity index is -0.000000173. The van der Waals surface area contributed by atoms with Gasteiger partial charge in [-0.25, -0.2) is 0 Å². The number of carboxylic acids is 1. The highest BCUT2D eigenvalue weighted by molar-refractivity contribution is 5.72. The molecule has 0 aromatic rings. The summed E-state index contributed by atoms with van der Waals surface area (Å²) in [5.41, 5.74) is 0. The van der Waals surface area contributed by atoms with Gasteiger partial charge in [-0.3, -0.25) is 4.79 Å². The van der Waals surface area contributed by atoms with Gasteiger partial charge in [0.05, 0.1) is 0 Å². The minimum Gasteiger partial charge on any atom is -0.481 e. The third kappa shape index (κ3) is 54.7. The quantitative estimate of drug-likeness (QED) is 0.683. The fraction of sp³-hybridized carbons (Fsp3) is 0.778. The predicted molar refractivity (Wildman–Crippen MR) is 51.7 cm³/mol. The molecule has 0 amide bonds. The molecular weight excluding hydrogens is 172 g/mol. The summed E-state index contributed by atoms with van der Waals surface area (Å²) in [4.78, 5) is 19.3. The van der Waals surface area contributed by atoms with Gasteiger partial charge in [-0.2, -0.15) is 0 Å². The van der Waals surface area contributed by atoms with Crippen LogP contribution in [0, 0.1) is 0 Å². The van der Waals surface area contributed by atoms with Crippen LogP contribution in [-0.4, -0.2) is 22.3 Å². The maximum Gasteiger partial charge on any atom is 0.303 e. The molecule has 13 heavy (non-hydrogen) atoms. The van der Waals surface area contributed by atoms with Crippen LogP contribution in [0.2, 0.25) is 0 Å². The van der Waals surface area contributed by atoms with Gasteiger partial charge in [0.25, 0.3) is 0 Å². The molecule has 0 spiro atoms. The molecule has 0 unspecified atom stereocenters. The Morgan fingerprint density at radius 2 is 1.54 bits per heavy atom. The van der Waals surface area contributed by atoms with Gasteiger partial charge in [0, 0.05) is 6.42 Å². The number of aliphatic carboxylic acids is 1. The summed E-state index contributed by atoms with van der Waals surface area (Å²) >= 11 is 0. The first-order valence-electron chi connectivity index (χ1n) is 4.19. The molecule has 0 fully saturated rings. The zero-order valence-electron chi connectivity index (χ0n) is 8.59. The second kappa shape index (κ2) is 13.7. The molecule has 0 saturated carbocycles. The van der Waals surface area contributed by atoms with Crippen molar-refractivity contribution in [3.8, 4) is 0 Å². The van der Waals surface area contributed by atoms with Gasteiger partial charge in [0.1, 0.15) is 5.78 Å². The maximum absolute atomic E-state index is 9.87. The SMILES string of the molecule is CC(C)=O.CCCCCC(=O)O.O. The molecule has 0 heterocycles. The summed E-state index contributed by atoms with van der Waals surface area (Å²) in [5, 5.41) is 8.14. The molecule has 0 rings (SSSR count). The molecule has 0 radical (unpaired) electrons. The van der Waals surface area contributed by atoms with Crippen LogP contribution in [0.3, 0.4) is 0 Å². The molecule has 4 heteroatoms. The fourth-order valence-corrected chi connectivity index (χ4v) is 0.526. The summed E-state index contributed by atoms with van der Waals surface area (Å²) in [6.07, 6.45) is 3.28. The van der Waals surface area contributed by atoms with Crippen molar-refractivity contribution in [1.82, 2.24) is 0 Å². The van der Waals surface area contributed by atoms with Gasteiger partial charge in [0.15, 0.2) is 0 Å². The average molecular weight is 192 g/mol. The van der Waals surface area contributed by atoms with E-state index in [1.807, 2.05) is 0 Å². The first kappa shape index (κ1) is 18.0. The maximum atomic E-state index is 9.87. The topological polar surface area (TPSA) is 85.9 Å². The van der Waals surface area contributed by atoms with E-state index >= 15 is 0 Å². The molecular formula is C9H20O4. The monoisotopic (exact) mass is 192 g/mol. The Labute approximate surface area is 79.3 Å². The van der Waals surface area contributed by atoms with Crippen molar-refractivity contribution in [3.05, 3.63) is 0 Å². The molecule has 80 valence electrons. The van der Waals surface area contributed by atoms with Crippen LogP contribution in [-0.2, 0) is 9.59 Å². The van der Waals surface area contributed by atoms with Gasteiger partial charge in [-0.1, -0.05) is 19.8 Å². The van der Waals surface area contributed by atoms with Crippen LogP contribution in [0.5, 0.6) is 0 Å². The number of hydrogen-bond donors (Lipinski definition) is 1.